The molecule has 2 rings (SSSR count). The van der Waals surface area contributed by atoms with E-state index in [9.17, 15) is 9.59 Å². The minimum atomic E-state index is -0.995. The van der Waals surface area contributed by atoms with Crippen LogP contribution in [-0.2, 0) is 16.0 Å². The number of methoxy groups -OCH3 is 2. The third-order valence-corrected chi connectivity index (χ3v) is 4.20. The van der Waals surface area contributed by atoms with Crippen molar-refractivity contribution in [2.24, 2.45) is 0 Å². The van der Waals surface area contributed by atoms with Gasteiger partial charge in [-0.3, -0.25) is 9.59 Å². The van der Waals surface area contributed by atoms with E-state index in [-0.39, 0.29) is 18.7 Å². The summed E-state index contributed by atoms with van der Waals surface area (Å²) >= 11 is 1.51. The van der Waals surface area contributed by atoms with Crippen LogP contribution >= 0.6 is 11.3 Å². The number of benzene rings is 1. The molecule has 2 N–H and O–H groups in total. The van der Waals surface area contributed by atoms with Crippen molar-refractivity contribution in [2.45, 2.75) is 18.9 Å². The summed E-state index contributed by atoms with van der Waals surface area (Å²) in [6, 6.07) is 6.31. The molecular formula is C17H19NO5S. The van der Waals surface area contributed by atoms with Crippen LogP contribution in [0.15, 0.2) is 35.0 Å². The van der Waals surface area contributed by atoms with Gasteiger partial charge in [-0.2, -0.15) is 11.3 Å². The Morgan fingerprint density at radius 1 is 1.21 bits per heavy atom. The molecule has 0 radical (unpaired) electrons. The molecular weight excluding hydrogens is 330 g/mol. The Morgan fingerprint density at radius 2 is 1.96 bits per heavy atom. The van der Waals surface area contributed by atoms with Crippen molar-refractivity contribution in [1.29, 1.82) is 0 Å². The van der Waals surface area contributed by atoms with Crippen molar-refractivity contribution >= 4 is 23.2 Å². The Balaban J connectivity index is 2.18. The zero-order chi connectivity index (χ0) is 17.5. The van der Waals surface area contributed by atoms with Crippen LogP contribution in [0.1, 0.15) is 23.6 Å². The standard InChI is InChI=1S/C17H19NO5S/c1-22-14-4-3-12(8-15(14)23-2)13(9-17(20)21)18-16(19)7-11-5-6-24-10-11/h3-6,8,10,13H,7,9H2,1-2H3,(H,18,19)(H,20,21). The molecule has 0 saturated carbocycles. The number of thiophene rings is 1. The van der Waals surface area contributed by atoms with Gasteiger partial charge < -0.3 is 19.9 Å². The fourth-order valence-electron chi connectivity index (χ4n) is 2.32. The highest BCUT2D eigenvalue weighted by molar-refractivity contribution is 7.08. The Labute approximate surface area is 144 Å². The molecule has 24 heavy (non-hydrogen) atoms. The normalized spacial score (nSPS) is 11.6. The highest BCUT2D eigenvalue weighted by atomic mass is 32.1. The number of carboxylic acids is 1. The van der Waals surface area contributed by atoms with Crippen molar-refractivity contribution in [3.05, 3.63) is 46.2 Å². The first-order chi connectivity index (χ1) is 11.5. The molecule has 0 fully saturated rings. The van der Waals surface area contributed by atoms with Gasteiger partial charge in [0.25, 0.3) is 0 Å². The summed E-state index contributed by atoms with van der Waals surface area (Å²) < 4.78 is 10.4. The van der Waals surface area contributed by atoms with Crippen LogP contribution in [0.3, 0.4) is 0 Å². The fraction of sp³-hybridized carbons (Fsp3) is 0.294. The summed E-state index contributed by atoms with van der Waals surface area (Å²) in [7, 11) is 3.03. The van der Waals surface area contributed by atoms with Crippen LogP contribution in [0, 0.1) is 0 Å². The number of hydrogen-bond acceptors (Lipinski definition) is 5. The summed E-state index contributed by atoms with van der Waals surface area (Å²) in [5, 5.41) is 15.7. The van der Waals surface area contributed by atoms with Crippen LogP contribution in [-0.4, -0.2) is 31.2 Å². The summed E-state index contributed by atoms with van der Waals surface area (Å²) in [5.41, 5.74) is 1.55. The minimum absolute atomic E-state index is 0.215. The van der Waals surface area contributed by atoms with Gasteiger partial charge >= 0.3 is 5.97 Å². The maximum absolute atomic E-state index is 12.2. The van der Waals surface area contributed by atoms with Gasteiger partial charge in [0.1, 0.15) is 0 Å². The number of nitrogens with one attached hydrogen (secondary N) is 1. The third kappa shape index (κ3) is 4.73. The summed E-state index contributed by atoms with van der Waals surface area (Å²) in [5.74, 6) is -0.197. The first-order valence-corrected chi connectivity index (χ1v) is 8.22. The van der Waals surface area contributed by atoms with E-state index in [2.05, 4.69) is 5.32 Å². The van der Waals surface area contributed by atoms with Crippen LogP contribution in [0.4, 0.5) is 0 Å². The van der Waals surface area contributed by atoms with E-state index >= 15 is 0 Å². The molecule has 0 aliphatic rings. The topological polar surface area (TPSA) is 84.9 Å². The van der Waals surface area contributed by atoms with Crippen molar-refractivity contribution < 1.29 is 24.2 Å². The van der Waals surface area contributed by atoms with E-state index in [0.29, 0.717) is 17.1 Å². The van der Waals surface area contributed by atoms with Gasteiger partial charge in [0, 0.05) is 0 Å². The predicted molar refractivity (Wildman–Crippen MR) is 90.7 cm³/mol. The molecule has 1 unspecified atom stereocenters. The number of hydrogen-bond donors (Lipinski definition) is 2. The molecule has 128 valence electrons. The molecule has 1 atom stereocenters. The second-order valence-corrected chi connectivity index (χ2v) is 5.92. The monoisotopic (exact) mass is 349 g/mol. The van der Waals surface area contributed by atoms with Gasteiger partial charge in [0.2, 0.25) is 5.91 Å². The van der Waals surface area contributed by atoms with Gasteiger partial charge in [0.15, 0.2) is 11.5 Å². The second kappa shape index (κ2) is 8.35. The zero-order valence-electron chi connectivity index (χ0n) is 13.4. The molecule has 0 aliphatic carbocycles. The first-order valence-electron chi connectivity index (χ1n) is 7.27. The fourth-order valence-corrected chi connectivity index (χ4v) is 2.99. The molecule has 0 saturated heterocycles. The van der Waals surface area contributed by atoms with Crippen molar-refractivity contribution in [2.75, 3.05) is 14.2 Å². The van der Waals surface area contributed by atoms with Gasteiger partial charge in [-0.1, -0.05) is 6.07 Å². The lowest BCUT2D eigenvalue weighted by Gasteiger charge is -2.19. The summed E-state index contributed by atoms with van der Waals surface area (Å²) in [4.78, 5) is 23.4. The molecule has 2 aromatic rings. The van der Waals surface area contributed by atoms with Gasteiger partial charge in [-0.15, -0.1) is 0 Å². The minimum Gasteiger partial charge on any atom is -0.493 e. The molecule has 7 heteroatoms. The predicted octanol–water partition coefficient (Wildman–Crippen LogP) is 2.64. The second-order valence-electron chi connectivity index (χ2n) is 5.14. The lowest BCUT2D eigenvalue weighted by atomic mass is 10.0. The Bertz CT molecular complexity index is 699. The lowest BCUT2D eigenvalue weighted by molar-refractivity contribution is -0.137. The number of carboxylic acid groups (broad SMARTS) is 1. The van der Waals surface area contributed by atoms with E-state index in [1.165, 1.54) is 25.6 Å². The highest BCUT2D eigenvalue weighted by Gasteiger charge is 2.20. The smallest absolute Gasteiger partial charge is 0.305 e. The lowest BCUT2D eigenvalue weighted by Crippen LogP contribution is -2.31. The molecule has 1 aromatic carbocycles. The highest BCUT2D eigenvalue weighted by Crippen LogP contribution is 2.31. The SMILES string of the molecule is COc1ccc(C(CC(=O)O)NC(=O)Cc2ccsc2)cc1OC. The zero-order valence-corrected chi connectivity index (χ0v) is 14.3. The van der Waals surface area contributed by atoms with E-state index in [1.807, 2.05) is 16.8 Å². The van der Waals surface area contributed by atoms with Crippen LogP contribution in [0.25, 0.3) is 0 Å². The number of rotatable bonds is 8. The van der Waals surface area contributed by atoms with Crippen LogP contribution < -0.4 is 14.8 Å². The summed E-state index contributed by atoms with van der Waals surface area (Å²) in [6.07, 6.45) is -0.00221. The van der Waals surface area contributed by atoms with E-state index in [1.54, 1.807) is 18.2 Å². The average Bonchev–Trinajstić information content (AvgIpc) is 3.05. The molecule has 0 aliphatic heterocycles. The Morgan fingerprint density at radius 3 is 2.54 bits per heavy atom. The van der Waals surface area contributed by atoms with Crippen molar-refractivity contribution in [3.63, 3.8) is 0 Å². The Kier molecular flexibility index (Phi) is 6.20. The molecule has 1 heterocycles. The number of ether oxygens (including phenoxy) is 2. The third-order valence-electron chi connectivity index (χ3n) is 3.47. The molecule has 6 nitrogen and oxygen atoms in total. The van der Waals surface area contributed by atoms with Crippen molar-refractivity contribution in [3.8, 4) is 11.5 Å². The molecule has 1 amide bonds. The number of carbonyl (C=O) groups is 2. The first kappa shape index (κ1) is 17.8. The van der Waals surface area contributed by atoms with E-state index < -0.39 is 12.0 Å². The molecule has 0 bridgehead atoms. The Hall–Kier alpha value is -2.54. The maximum Gasteiger partial charge on any atom is 0.305 e. The maximum atomic E-state index is 12.2. The van der Waals surface area contributed by atoms with Gasteiger partial charge in [-0.25, -0.2) is 0 Å². The van der Waals surface area contributed by atoms with Gasteiger partial charge in [-0.05, 0) is 40.1 Å². The molecule has 0 spiro atoms. The van der Waals surface area contributed by atoms with E-state index in [0.717, 1.165) is 5.56 Å². The van der Waals surface area contributed by atoms with Gasteiger partial charge in [0.05, 0.1) is 33.1 Å². The largest absolute Gasteiger partial charge is 0.493 e. The summed E-state index contributed by atoms with van der Waals surface area (Å²) in [6.45, 7) is 0. The van der Waals surface area contributed by atoms with Crippen LogP contribution in [0.5, 0.6) is 11.5 Å². The van der Waals surface area contributed by atoms with Crippen LogP contribution in [0.2, 0.25) is 0 Å². The average molecular weight is 349 g/mol. The number of amides is 1. The quantitative estimate of drug-likeness (QED) is 0.765. The van der Waals surface area contributed by atoms with E-state index in [4.69, 9.17) is 14.6 Å². The molecule has 1 aromatic heterocycles. The van der Waals surface area contributed by atoms with Crippen molar-refractivity contribution in [1.82, 2.24) is 5.32 Å². The number of aliphatic carboxylic acids is 1. The number of carbonyl (C=O) groups excluding carboxylic acids is 1.